The van der Waals surface area contributed by atoms with Crippen LogP contribution in [0.25, 0.3) is 0 Å². The number of hydrogen-bond acceptors (Lipinski definition) is 3. The molecule has 0 aliphatic heterocycles. The zero-order valence-electron chi connectivity index (χ0n) is 12.8. The molecule has 1 rings (SSSR count). The van der Waals surface area contributed by atoms with Gasteiger partial charge in [-0.15, -0.1) is 0 Å². The minimum Gasteiger partial charge on any atom is -0.389 e. The summed E-state index contributed by atoms with van der Waals surface area (Å²) in [5.41, 5.74) is -0.627. The van der Waals surface area contributed by atoms with Crippen molar-refractivity contribution >= 4 is 5.91 Å². The average molecular weight is 270 g/mol. The first-order valence-corrected chi connectivity index (χ1v) is 7.62. The topological polar surface area (TPSA) is 61.4 Å². The van der Waals surface area contributed by atoms with Crippen molar-refractivity contribution in [2.24, 2.45) is 5.92 Å². The third kappa shape index (κ3) is 5.49. The van der Waals surface area contributed by atoms with E-state index in [0.29, 0.717) is 6.54 Å². The van der Waals surface area contributed by atoms with E-state index in [-0.39, 0.29) is 18.0 Å². The summed E-state index contributed by atoms with van der Waals surface area (Å²) in [6, 6.07) is -0.102. The van der Waals surface area contributed by atoms with Crippen molar-refractivity contribution in [1.29, 1.82) is 0 Å². The summed E-state index contributed by atoms with van der Waals surface area (Å²) < 4.78 is 0. The van der Waals surface area contributed by atoms with Crippen LogP contribution in [0, 0.1) is 5.92 Å². The highest BCUT2D eigenvalue weighted by Gasteiger charge is 2.33. The maximum absolute atomic E-state index is 11.8. The van der Waals surface area contributed by atoms with Crippen molar-refractivity contribution in [2.75, 3.05) is 6.54 Å². The van der Waals surface area contributed by atoms with E-state index in [9.17, 15) is 9.90 Å². The molecular weight excluding hydrogens is 240 g/mol. The number of carbonyl (C=O) groups excluding carboxylic acids is 1. The van der Waals surface area contributed by atoms with Crippen LogP contribution in [0.5, 0.6) is 0 Å². The van der Waals surface area contributed by atoms with Gasteiger partial charge in [0.2, 0.25) is 5.91 Å². The average Bonchev–Trinajstić information content (AvgIpc) is 2.36. The quantitative estimate of drug-likeness (QED) is 0.690. The van der Waals surface area contributed by atoms with Gasteiger partial charge in [-0.25, -0.2) is 0 Å². The van der Waals surface area contributed by atoms with Crippen LogP contribution in [0.4, 0.5) is 0 Å². The Balaban J connectivity index is 2.33. The van der Waals surface area contributed by atoms with E-state index in [1.807, 2.05) is 20.8 Å². The molecule has 0 aromatic rings. The molecule has 0 saturated heterocycles. The number of nitrogens with one attached hydrogen (secondary N) is 2. The molecule has 1 unspecified atom stereocenters. The third-order valence-electron chi connectivity index (χ3n) is 4.17. The Kier molecular flexibility index (Phi) is 6.27. The fourth-order valence-corrected chi connectivity index (χ4v) is 2.65. The lowest BCUT2D eigenvalue weighted by atomic mass is 9.78. The van der Waals surface area contributed by atoms with E-state index in [1.54, 1.807) is 0 Å². The Labute approximate surface area is 117 Å². The maximum atomic E-state index is 11.8. The maximum Gasteiger partial charge on any atom is 0.237 e. The zero-order valence-corrected chi connectivity index (χ0v) is 12.8. The van der Waals surface area contributed by atoms with Crippen molar-refractivity contribution in [2.45, 2.75) is 77.5 Å². The fraction of sp³-hybridized carbons (Fsp3) is 0.933. The van der Waals surface area contributed by atoms with Gasteiger partial charge in [0, 0.05) is 12.6 Å². The molecule has 1 amide bonds. The van der Waals surface area contributed by atoms with Gasteiger partial charge >= 0.3 is 0 Å². The van der Waals surface area contributed by atoms with Crippen molar-refractivity contribution in [1.82, 2.24) is 10.6 Å². The van der Waals surface area contributed by atoms with E-state index in [1.165, 1.54) is 6.42 Å². The predicted octanol–water partition coefficient (Wildman–Crippen LogP) is 1.82. The second-order valence-corrected chi connectivity index (χ2v) is 6.34. The van der Waals surface area contributed by atoms with E-state index >= 15 is 0 Å². The van der Waals surface area contributed by atoms with Crippen molar-refractivity contribution in [3.8, 4) is 0 Å². The Bertz CT molecular complexity index is 284. The van der Waals surface area contributed by atoms with Gasteiger partial charge in [0.05, 0.1) is 11.6 Å². The normalized spacial score (nSPS) is 29.3. The van der Waals surface area contributed by atoms with Crippen LogP contribution >= 0.6 is 0 Å². The summed E-state index contributed by atoms with van der Waals surface area (Å²) in [4.78, 5) is 11.8. The van der Waals surface area contributed by atoms with Gasteiger partial charge in [-0.2, -0.15) is 0 Å². The molecule has 1 aliphatic carbocycles. The van der Waals surface area contributed by atoms with Gasteiger partial charge in [0.1, 0.15) is 0 Å². The first-order chi connectivity index (χ1) is 8.86. The first-order valence-electron chi connectivity index (χ1n) is 7.62. The summed E-state index contributed by atoms with van der Waals surface area (Å²) in [6.07, 6.45) is 5.09. The highest BCUT2D eigenvalue weighted by atomic mass is 16.3. The second kappa shape index (κ2) is 7.25. The van der Waals surface area contributed by atoms with Gasteiger partial charge in [0.15, 0.2) is 0 Å². The van der Waals surface area contributed by atoms with Gasteiger partial charge in [-0.05, 0) is 52.4 Å². The lowest BCUT2D eigenvalue weighted by molar-refractivity contribution is -0.123. The molecule has 19 heavy (non-hydrogen) atoms. The minimum absolute atomic E-state index is 0.000782. The van der Waals surface area contributed by atoms with Crippen LogP contribution in [-0.2, 0) is 4.79 Å². The van der Waals surface area contributed by atoms with Crippen molar-refractivity contribution < 1.29 is 9.90 Å². The first kappa shape index (κ1) is 16.4. The van der Waals surface area contributed by atoms with E-state index in [4.69, 9.17) is 0 Å². The molecule has 4 nitrogen and oxygen atoms in total. The Morgan fingerprint density at radius 1 is 1.32 bits per heavy atom. The summed E-state index contributed by atoms with van der Waals surface area (Å²) in [5.74, 6) is 0.766. The Hall–Kier alpha value is -0.610. The van der Waals surface area contributed by atoms with E-state index < -0.39 is 5.60 Å². The number of carbonyl (C=O) groups is 1. The van der Waals surface area contributed by atoms with Gasteiger partial charge < -0.3 is 15.7 Å². The van der Waals surface area contributed by atoms with Crippen LogP contribution < -0.4 is 10.6 Å². The highest BCUT2D eigenvalue weighted by molar-refractivity contribution is 5.81. The third-order valence-corrected chi connectivity index (χ3v) is 4.17. The zero-order chi connectivity index (χ0) is 14.5. The number of hydrogen-bond donors (Lipinski definition) is 3. The molecule has 1 saturated carbocycles. The van der Waals surface area contributed by atoms with Crippen molar-refractivity contribution in [3.63, 3.8) is 0 Å². The SMILES string of the molecule is CCC1CCC(O)(CNC(C)C(=O)NC(C)C)CC1. The molecule has 1 atom stereocenters. The molecule has 3 N–H and O–H groups in total. The number of rotatable bonds is 6. The number of aliphatic hydroxyl groups is 1. The molecule has 0 radical (unpaired) electrons. The van der Waals surface area contributed by atoms with Crippen LogP contribution in [0.1, 0.15) is 59.8 Å². The van der Waals surface area contributed by atoms with E-state index in [2.05, 4.69) is 17.6 Å². The van der Waals surface area contributed by atoms with E-state index in [0.717, 1.165) is 31.6 Å². The molecule has 1 fully saturated rings. The lowest BCUT2D eigenvalue weighted by Gasteiger charge is -2.36. The van der Waals surface area contributed by atoms with Crippen LogP contribution in [0.3, 0.4) is 0 Å². The van der Waals surface area contributed by atoms with Gasteiger partial charge in [-0.1, -0.05) is 13.3 Å². The van der Waals surface area contributed by atoms with Crippen LogP contribution in [0.15, 0.2) is 0 Å². The van der Waals surface area contributed by atoms with Gasteiger partial charge in [0.25, 0.3) is 0 Å². The smallest absolute Gasteiger partial charge is 0.237 e. The Morgan fingerprint density at radius 2 is 1.89 bits per heavy atom. The molecule has 4 heteroatoms. The Morgan fingerprint density at radius 3 is 2.37 bits per heavy atom. The molecule has 0 bridgehead atoms. The standard InChI is InChI=1S/C15H30N2O2/c1-5-13-6-8-15(19,9-7-13)10-16-12(4)14(18)17-11(2)3/h11-13,16,19H,5-10H2,1-4H3,(H,17,18). The molecule has 0 aromatic heterocycles. The molecular formula is C15H30N2O2. The largest absolute Gasteiger partial charge is 0.389 e. The minimum atomic E-state index is -0.627. The summed E-state index contributed by atoms with van der Waals surface area (Å²) >= 11 is 0. The molecule has 0 aromatic carbocycles. The molecule has 0 spiro atoms. The van der Waals surface area contributed by atoms with Crippen molar-refractivity contribution in [3.05, 3.63) is 0 Å². The predicted molar refractivity (Wildman–Crippen MR) is 77.9 cm³/mol. The number of amides is 1. The second-order valence-electron chi connectivity index (χ2n) is 6.34. The molecule has 112 valence electrons. The summed E-state index contributed by atoms with van der Waals surface area (Å²) in [6.45, 7) is 8.47. The molecule has 0 heterocycles. The summed E-state index contributed by atoms with van der Waals surface area (Å²) in [5, 5.41) is 16.5. The fourth-order valence-electron chi connectivity index (χ4n) is 2.65. The lowest BCUT2D eigenvalue weighted by Crippen LogP contribution is -2.51. The van der Waals surface area contributed by atoms with Crippen LogP contribution in [0.2, 0.25) is 0 Å². The summed E-state index contributed by atoms with van der Waals surface area (Å²) in [7, 11) is 0. The van der Waals surface area contributed by atoms with Gasteiger partial charge in [-0.3, -0.25) is 4.79 Å². The van der Waals surface area contributed by atoms with Crippen LogP contribution in [-0.4, -0.2) is 35.2 Å². The monoisotopic (exact) mass is 270 g/mol. The molecule has 1 aliphatic rings. The highest BCUT2D eigenvalue weighted by Crippen LogP contribution is 2.33.